The van der Waals surface area contributed by atoms with Crippen LogP contribution >= 0.6 is 11.6 Å². The van der Waals surface area contributed by atoms with E-state index < -0.39 is 10.8 Å². The number of rotatable bonds is 6. The number of carbonyl (C=O) groups excluding carboxylic acids is 1. The SMILES string of the molecule is CS(=O)Cc1ccc(C(=NNC(=O)c2ccccc2)c2ccc(Cl)cc2)cc1. The average Bonchev–Trinajstić information content (AvgIpc) is 2.70. The molecule has 4 nitrogen and oxygen atoms in total. The van der Waals surface area contributed by atoms with Crippen LogP contribution in [0.5, 0.6) is 0 Å². The summed E-state index contributed by atoms with van der Waals surface area (Å²) in [5.41, 5.74) is 6.41. The van der Waals surface area contributed by atoms with Gasteiger partial charge in [-0.1, -0.05) is 66.2 Å². The van der Waals surface area contributed by atoms with Crippen LogP contribution in [-0.4, -0.2) is 22.1 Å². The van der Waals surface area contributed by atoms with Crippen LogP contribution < -0.4 is 5.43 Å². The number of hydrazone groups is 1. The van der Waals surface area contributed by atoms with Gasteiger partial charge in [0.25, 0.3) is 5.91 Å². The highest BCUT2D eigenvalue weighted by atomic mass is 35.5. The van der Waals surface area contributed by atoms with Gasteiger partial charge in [-0.15, -0.1) is 0 Å². The first-order valence-corrected chi connectivity index (χ1v) is 10.7. The molecule has 1 atom stereocenters. The largest absolute Gasteiger partial charge is 0.271 e. The fourth-order valence-electron chi connectivity index (χ4n) is 2.66. The monoisotopic (exact) mass is 410 g/mol. The second-order valence-corrected chi connectivity index (χ2v) is 8.06. The maximum Gasteiger partial charge on any atom is 0.271 e. The minimum absolute atomic E-state index is 0.287. The van der Waals surface area contributed by atoms with Gasteiger partial charge in [0.15, 0.2) is 0 Å². The summed E-state index contributed by atoms with van der Waals surface area (Å²) in [4.78, 5) is 12.4. The van der Waals surface area contributed by atoms with Crippen LogP contribution in [0.3, 0.4) is 0 Å². The fourth-order valence-corrected chi connectivity index (χ4v) is 3.45. The summed E-state index contributed by atoms with van der Waals surface area (Å²) >= 11 is 6.00. The van der Waals surface area contributed by atoms with E-state index in [2.05, 4.69) is 10.5 Å². The molecule has 0 saturated heterocycles. The number of nitrogens with one attached hydrogen (secondary N) is 1. The molecular formula is C22H19ClN2O2S. The summed E-state index contributed by atoms with van der Waals surface area (Å²) in [6, 6.07) is 23.8. The third kappa shape index (κ3) is 5.38. The lowest BCUT2D eigenvalue weighted by Gasteiger charge is -2.09. The number of carbonyl (C=O) groups is 1. The third-order valence-electron chi connectivity index (χ3n) is 4.02. The van der Waals surface area contributed by atoms with Crippen molar-refractivity contribution in [3.8, 4) is 0 Å². The van der Waals surface area contributed by atoms with Crippen LogP contribution in [0, 0.1) is 0 Å². The standard InChI is InChI=1S/C22H19ClN2O2S/c1-28(27)15-16-7-9-17(10-8-16)21(18-11-13-20(23)14-12-18)24-25-22(26)19-5-3-2-4-6-19/h2-14H,15H2,1H3,(H,25,26). The zero-order valence-corrected chi connectivity index (χ0v) is 16.8. The Labute approximate surface area is 171 Å². The predicted molar refractivity (Wildman–Crippen MR) is 115 cm³/mol. The van der Waals surface area contributed by atoms with E-state index in [1.807, 2.05) is 42.5 Å². The molecule has 1 amide bonds. The first kappa shape index (κ1) is 20.0. The molecule has 0 spiro atoms. The quantitative estimate of drug-likeness (QED) is 0.483. The molecule has 0 fully saturated rings. The van der Waals surface area contributed by atoms with Crippen molar-refractivity contribution in [1.82, 2.24) is 5.43 Å². The number of amides is 1. The Kier molecular flexibility index (Phi) is 6.74. The molecule has 1 unspecified atom stereocenters. The minimum atomic E-state index is -0.905. The van der Waals surface area contributed by atoms with Crippen molar-refractivity contribution in [3.05, 3.63) is 106 Å². The average molecular weight is 411 g/mol. The summed E-state index contributed by atoms with van der Waals surface area (Å²) in [5, 5.41) is 5.00. The summed E-state index contributed by atoms with van der Waals surface area (Å²) in [5.74, 6) is 0.211. The first-order valence-electron chi connectivity index (χ1n) is 8.61. The van der Waals surface area contributed by atoms with Crippen molar-refractivity contribution < 1.29 is 9.00 Å². The number of halogens is 1. The molecular weight excluding hydrogens is 392 g/mol. The van der Waals surface area contributed by atoms with Gasteiger partial charge in [0.05, 0.1) is 5.71 Å². The van der Waals surface area contributed by atoms with Crippen molar-refractivity contribution in [2.45, 2.75) is 5.75 Å². The van der Waals surface area contributed by atoms with Gasteiger partial charge < -0.3 is 0 Å². The van der Waals surface area contributed by atoms with E-state index in [0.29, 0.717) is 22.1 Å². The molecule has 3 rings (SSSR count). The van der Waals surface area contributed by atoms with E-state index in [9.17, 15) is 9.00 Å². The molecule has 142 valence electrons. The van der Waals surface area contributed by atoms with Gasteiger partial charge in [-0.05, 0) is 29.8 Å². The van der Waals surface area contributed by atoms with E-state index in [1.54, 1.807) is 42.7 Å². The Morgan fingerprint density at radius 2 is 1.46 bits per heavy atom. The van der Waals surface area contributed by atoms with Gasteiger partial charge in [0, 0.05) is 44.5 Å². The molecule has 1 N–H and O–H groups in total. The summed E-state index contributed by atoms with van der Waals surface area (Å²) < 4.78 is 11.4. The van der Waals surface area contributed by atoms with Crippen LogP contribution in [0.1, 0.15) is 27.0 Å². The van der Waals surface area contributed by atoms with Crippen molar-refractivity contribution in [2.75, 3.05) is 6.26 Å². The van der Waals surface area contributed by atoms with E-state index in [1.165, 1.54) is 0 Å². The van der Waals surface area contributed by atoms with Crippen LogP contribution in [0.2, 0.25) is 5.02 Å². The molecule has 0 bridgehead atoms. The molecule has 3 aromatic carbocycles. The lowest BCUT2D eigenvalue weighted by Crippen LogP contribution is -2.20. The Morgan fingerprint density at radius 1 is 0.893 bits per heavy atom. The van der Waals surface area contributed by atoms with E-state index >= 15 is 0 Å². The molecule has 0 aliphatic rings. The van der Waals surface area contributed by atoms with Gasteiger partial charge in [-0.3, -0.25) is 9.00 Å². The molecule has 0 aliphatic heterocycles. The zero-order valence-electron chi connectivity index (χ0n) is 15.3. The molecule has 0 saturated carbocycles. The molecule has 3 aromatic rings. The van der Waals surface area contributed by atoms with E-state index in [-0.39, 0.29) is 5.91 Å². The summed E-state index contributed by atoms with van der Waals surface area (Å²) in [6.07, 6.45) is 1.67. The second-order valence-electron chi connectivity index (χ2n) is 6.19. The van der Waals surface area contributed by atoms with Gasteiger partial charge in [-0.25, -0.2) is 5.43 Å². The van der Waals surface area contributed by atoms with Gasteiger partial charge >= 0.3 is 0 Å². The number of hydrogen-bond acceptors (Lipinski definition) is 3. The van der Waals surface area contributed by atoms with E-state index in [0.717, 1.165) is 16.7 Å². The lowest BCUT2D eigenvalue weighted by molar-refractivity contribution is 0.0955. The fraction of sp³-hybridized carbons (Fsp3) is 0.0909. The lowest BCUT2D eigenvalue weighted by atomic mass is 10.0. The molecule has 6 heteroatoms. The number of hydrogen-bond donors (Lipinski definition) is 1. The maximum atomic E-state index is 12.4. The molecule has 0 radical (unpaired) electrons. The number of benzene rings is 3. The number of nitrogens with zero attached hydrogens (tertiary/aromatic N) is 1. The van der Waals surface area contributed by atoms with Crippen LogP contribution in [0.15, 0.2) is 84.0 Å². The van der Waals surface area contributed by atoms with Crippen molar-refractivity contribution in [1.29, 1.82) is 0 Å². The maximum absolute atomic E-state index is 12.4. The van der Waals surface area contributed by atoms with Crippen molar-refractivity contribution >= 4 is 34.0 Å². The topological polar surface area (TPSA) is 58.5 Å². The molecule has 0 aromatic heterocycles. The van der Waals surface area contributed by atoms with Crippen LogP contribution in [0.4, 0.5) is 0 Å². The van der Waals surface area contributed by atoms with Crippen molar-refractivity contribution in [3.63, 3.8) is 0 Å². The summed E-state index contributed by atoms with van der Waals surface area (Å²) in [6.45, 7) is 0. The van der Waals surface area contributed by atoms with E-state index in [4.69, 9.17) is 11.6 Å². The van der Waals surface area contributed by atoms with Gasteiger partial charge in [-0.2, -0.15) is 5.10 Å². The minimum Gasteiger partial charge on any atom is -0.267 e. The zero-order chi connectivity index (χ0) is 19.9. The third-order valence-corrected chi connectivity index (χ3v) is 5.01. The second kappa shape index (κ2) is 9.44. The van der Waals surface area contributed by atoms with Crippen LogP contribution in [0.25, 0.3) is 0 Å². The van der Waals surface area contributed by atoms with Gasteiger partial charge in [0.1, 0.15) is 0 Å². The highest BCUT2D eigenvalue weighted by molar-refractivity contribution is 7.83. The normalized spacial score (nSPS) is 12.4. The summed E-state index contributed by atoms with van der Waals surface area (Å²) in [7, 11) is -0.905. The molecule has 28 heavy (non-hydrogen) atoms. The molecule has 0 aliphatic carbocycles. The highest BCUT2D eigenvalue weighted by Gasteiger charge is 2.10. The highest BCUT2D eigenvalue weighted by Crippen LogP contribution is 2.16. The smallest absolute Gasteiger partial charge is 0.267 e. The predicted octanol–water partition coefficient (Wildman–Crippen LogP) is 4.40. The van der Waals surface area contributed by atoms with Crippen molar-refractivity contribution in [2.24, 2.45) is 5.10 Å². The Bertz CT molecular complexity index is 1000. The Morgan fingerprint density at radius 3 is 2.04 bits per heavy atom. The van der Waals surface area contributed by atoms with Gasteiger partial charge in [0.2, 0.25) is 0 Å². The Balaban J connectivity index is 1.92. The van der Waals surface area contributed by atoms with Crippen LogP contribution in [-0.2, 0) is 16.6 Å². The Hall–Kier alpha value is -2.76. The first-order chi connectivity index (χ1) is 13.5. The molecule has 0 heterocycles.